The molecule has 1 atom stereocenters. The summed E-state index contributed by atoms with van der Waals surface area (Å²) < 4.78 is 2.23. The van der Waals surface area contributed by atoms with Gasteiger partial charge in [-0.25, -0.2) is 4.98 Å². The van der Waals surface area contributed by atoms with Crippen LogP contribution in [0, 0.1) is 5.41 Å². The van der Waals surface area contributed by atoms with E-state index in [4.69, 9.17) is 5.84 Å². The lowest BCUT2D eigenvalue weighted by Gasteiger charge is -2.22. The minimum atomic E-state index is 0.352. The predicted octanol–water partition coefficient (Wildman–Crippen LogP) is 1.47. The van der Waals surface area contributed by atoms with Gasteiger partial charge in [0.2, 0.25) is 0 Å². The van der Waals surface area contributed by atoms with Crippen LogP contribution in [0.3, 0.4) is 0 Å². The summed E-state index contributed by atoms with van der Waals surface area (Å²) in [5.74, 6) is 6.80. The van der Waals surface area contributed by atoms with E-state index >= 15 is 0 Å². The molecule has 3 N–H and O–H groups in total. The minimum absolute atomic E-state index is 0.352. The monoisotopic (exact) mass is 222 g/mol. The van der Waals surface area contributed by atoms with Crippen LogP contribution >= 0.6 is 0 Å². The van der Waals surface area contributed by atoms with Crippen LogP contribution < -0.4 is 11.3 Å². The lowest BCUT2D eigenvalue weighted by molar-refractivity contribution is 0.350. The van der Waals surface area contributed by atoms with Crippen molar-refractivity contribution in [2.75, 3.05) is 0 Å². The maximum Gasteiger partial charge on any atom is 0.110 e. The summed E-state index contributed by atoms with van der Waals surface area (Å²) >= 11 is 0. The summed E-state index contributed by atoms with van der Waals surface area (Å²) in [5, 5.41) is 0. The van der Waals surface area contributed by atoms with E-state index in [9.17, 15) is 0 Å². The number of nitrogens with two attached hydrogens (primary N) is 1. The normalized spacial score (nSPS) is 19.7. The molecule has 0 amide bonds. The van der Waals surface area contributed by atoms with Gasteiger partial charge in [0.05, 0.1) is 0 Å². The Morgan fingerprint density at radius 1 is 1.62 bits per heavy atom. The third-order valence-electron chi connectivity index (χ3n) is 3.73. The van der Waals surface area contributed by atoms with Crippen LogP contribution in [0.4, 0.5) is 0 Å². The van der Waals surface area contributed by atoms with E-state index in [-0.39, 0.29) is 0 Å². The fourth-order valence-corrected chi connectivity index (χ4v) is 2.21. The van der Waals surface area contributed by atoms with Crippen LogP contribution in [0.5, 0.6) is 0 Å². The molecule has 0 bridgehead atoms. The molecule has 1 aliphatic rings. The first kappa shape index (κ1) is 11.6. The zero-order valence-electron chi connectivity index (χ0n) is 10.2. The smallest absolute Gasteiger partial charge is 0.110 e. The number of hydrogen-bond acceptors (Lipinski definition) is 3. The Kier molecular flexibility index (Phi) is 3.30. The number of hydrazine groups is 1. The summed E-state index contributed by atoms with van der Waals surface area (Å²) in [6.07, 6.45) is 8.56. The Morgan fingerprint density at radius 3 is 2.94 bits per heavy atom. The summed E-state index contributed by atoms with van der Waals surface area (Å²) in [7, 11) is 0. The van der Waals surface area contributed by atoms with Crippen LogP contribution in [0.25, 0.3) is 0 Å². The lowest BCUT2D eigenvalue weighted by atomic mass is 9.96. The van der Waals surface area contributed by atoms with Gasteiger partial charge in [-0.15, -0.1) is 0 Å². The molecule has 0 aliphatic heterocycles. The fourth-order valence-electron chi connectivity index (χ4n) is 2.21. The van der Waals surface area contributed by atoms with E-state index in [1.54, 1.807) is 0 Å². The molecule has 0 aromatic carbocycles. The van der Waals surface area contributed by atoms with E-state index in [1.807, 2.05) is 6.20 Å². The first-order chi connectivity index (χ1) is 7.69. The molecule has 90 valence electrons. The maximum atomic E-state index is 5.65. The van der Waals surface area contributed by atoms with Crippen LogP contribution in [-0.2, 0) is 13.0 Å². The Hall–Kier alpha value is -0.870. The molecule has 1 aliphatic carbocycles. The molecule has 4 heteroatoms. The van der Waals surface area contributed by atoms with Gasteiger partial charge in [0.15, 0.2) is 0 Å². The summed E-state index contributed by atoms with van der Waals surface area (Å²) in [6.45, 7) is 5.53. The highest BCUT2D eigenvalue weighted by Crippen LogP contribution is 2.48. The lowest BCUT2D eigenvalue weighted by Crippen LogP contribution is -2.43. The van der Waals surface area contributed by atoms with Gasteiger partial charge in [0.1, 0.15) is 5.82 Å². The van der Waals surface area contributed by atoms with Crippen molar-refractivity contribution in [1.29, 1.82) is 0 Å². The molecule has 0 saturated heterocycles. The highest BCUT2D eigenvalue weighted by molar-refractivity contribution is 5.04. The van der Waals surface area contributed by atoms with E-state index < -0.39 is 0 Å². The quantitative estimate of drug-likeness (QED) is 0.566. The second-order valence-electron chi connectivity index (χ2n) is 5.11. The van der Waals surface area contributed by atoms with Crippen LogP contribution in [-0.4, -0.2) is 15.6 Å². The van der Waals surface area contributed by atoms with Crippen molar-refractivity contribution >= 4 is 0 Å². The van der Waals surface area contributed by atoms with Crippen LogP contribution in [0.2, 0.25) is 0 Å². The molecule has 1 heterocycles. The second kappa shape index (κ2) is 4.55. The molecule has 16 heavy (non-hydrogen) atoms. The van der Waals surface area contributed by atoms with Gasteiger partial charge in [0.25, 0.3) is 0 Å². The number of aromatic nitrogens is 2. The zero-order chi connectivity index (χ0) is 11.6. The van der Waals surface area contributed by atoms with E-state index in [2.05, 4.69) is 35.0 Å². The molecule has 4 nitrogen and oxygen atoms in total. The zero-order valence-corrected chi connectivity index (χ0v) is 10.2. The van der Waals surface area contributed by atoms with Crippen molar-refractivity contribution in [3.63, 3.8) is 0 Å². The topological polar surface area (TPSA) is 55.9 Å². The molecular formula is C12H22N4. The van der Waals surface area contributed by atoms with Crippen molar-refractivity contribution < 1.29 is 0 Å². The fraction of sp³-hybridized carbons (Fsp3) is 0.750. The van der Waals surface area contributed by atoms with Gasteiger partial charge in [-0.1, -0.05) is 13.8 Å². The second-order valence-corrected chi connectivity index (χ2v) is 5.11. The van der Waals surface area contributed by atoms with Crippen molar-refractivity contribution in [2.24, 2.45) is 11.3 Å². The average Bonchev–Trinajstić information content (AvgIpc) is 2.87. The average molecular weight is 222 g/mol. The van der Waals surface area contributed by atoms with Gasteiger partial charge >= 0.3 is 0 Å². The summed E-state index contributed by atoms with van der Waals surface area (Å²) in [4.78, 5) is 4.43. The van der Waals surface area contributed by atoms with Crippen molar-refractivity contribution in [1.82, 2.24) is 15.0 Å². The first-order valence-electron chi connectivity index (χ1n) is 6.16. The first-order valence-corrected chi connectivity index (χ1v) is 6.16. The number of hydrogen-bond donors (Lipinski definition) is 2. The van der Waals surface area contributed by atoms with Crippen LogP contribution in [0.1, 0.15) is 38.9 Å². The molecular weight excluding hydrogens is 200 g/mol. The summed E-state index contributed by atoms with van der Waals surface area (Å²) in [5.41, 5.74) is 3.35. The third kappa shape index (κ3) is 2.28. The largest absolute Gasteiger partial charge is 0.335 e. The number of aryl methyl sites for hydroxylation is 1. The highest BCUT2D eigenvalue weighted by Gasteiger charge is 2.44. The van der Waals surface area contributed by atoms with Crippen molar-refractivity contribution in [3.05, 3.63) is 18.2 Å². The Morgan fingerprint density at radius 2 is 2.38 bits per heavy atom. The Labute approximate surface area is 97.2 Å². The molecule has 2 rings (SSSR count). The summed E-state index contributed by atoms with van der Waals surface area (Å²) in [6, 6.07) is 0.352. The molecule has 0 spiro atoms. The van der Waals surface area contributed by atoms with Crippen molar-refractivity contribution in [2.45, 2.75) is 52.1 Å². The van der Waals surface area contributed by atoms with Gasteiger partial charge in [-0.05, 0) is 24.7 Å². The minimum Gasteiger partial charge on any atom is -0.335 e. The standard InChI is InChI=1S/C12H22N4/c1-3-7-16-8-6-14-11(16)9-10(15-13)12(2)4-5-12/h6,8,10,15H,3-5,7,9,13H2,1-2H3. The third-order valence-corrected chi connectivity index (χ3v) is 3.73. The molecule has 1 aromatic heterocycles. The van der Waals surface area contributed by atoms with E-state index in [0.29, 0.717) is 11.5 Å². The van der Waals surface area contributed by atoms with Gasteiger partial charge in [0, 0.05) is 31.4 Å². The molecule has 1 saturated carbocycles. The SMILES string of the molecule is CCCn1ccnc1CC(NN)C1(C)CC1. The van der Waals surface area contributed by atoms with Gasteiger partial charge in [-0.3, -0.25) is 11.3 Å². The molecule has 0 radical (unpaired) electrons. The highest BCUT2D eigenvalue weighted by atomic mass is 15.2. The predicted molar refractivity (Wildman–Crippen MR) is 64.7 cm³/mol. The number of nitrogens with zero attached hydrogens (tertiary/aromatic N) is 2. The molecule has 1 unspecified atom stereocenters. The number of imidazole rings is 1. The van der Waals surface area contributed by atoms with Gasteiger partial charge in [-0.2, -0.15) is 0 Å². The Balaban J connectivity index is 2.04. The van der Waals surface area contributed by atoms with E-state index in [0.717, 1.165) is 25.2 Å². The number of nitrogens with one attached hydrogen (secondary N) is 1. The Bertz CT molecular complexity index is 341. The molecule has 1 aromatic rings. The maximum absolute atomic E-state index is 5.65. The number of rotatable bonds is 6. The van der Waals surface area contributed by atoms with Crippen molar-refractivity contribution in [3.8, 4) is 0 Å². The van der Waals surface area contributed by atoms with Crippen LogP contribution in [0.15, 0.2) is 12.4 Å². The molecule has 1 fully saturated rings. The van der Waals surface area contributed by atoms with E-state index in [1.165, 1.54) is 12.8 Å². The van der Waals surface area contributed by atoms with Gasteiger partial charge < -0.3 is 4.57 Å².